The summed E-state index contributed by atoms with van der Waals surface area (Å²) in [6.07, 6.45) is -0.677. The van der Waals surface area contributed by atoms with E-state index in [2.05, 4.69) is 0 Å². The number of para-hydroxylation sites is 1. The van der Waals surface area contributed by atoms with Gasteiger partial charge in [-0.2, -0.15) is 13.2 Å². The molecule has 106 valence electrons. The average molecular weight is 272 g/mol. The molecule has 0 saturated carbocycles. The first kappa shape index (κ1) is 14.2. The SMILES string of the molecule is NCCCC1CCCN1c1ccccc1C(F)(F)F. The van der Waals surface area contributed by atoms with Gasteiger partial charge in [-0.1, -0.05) is 12.1 Å². The first-order valence-corrected chi connectivity index (χ1v) is 6.67. The normalized spacial score (nSPS) is 20.0. The lowest BCUT2D eigenvalue weighted by molar-refractivity contribution is -0.137. The predicted octanol–water partition coefficient (Wildman–Crippen LogP) is 3.41. The van der Waals surface area contributed by atoms with Crippen LogP contribution in [0.1, 0.15) is 31.2 Å². The van der Waals surface area contributed by atoms with Crippen LogP contribution in [0.15, 0.2) is 24.3 Å². The van der Waals surface area contributed by atoms with Crippen LogP contribution >= 0.6 is 0 Å². The van der Waals surface area contributed by atoms with Gasteiger partial charge in [0.1, 0.15) is 0 Å². The fourth-order valence-electron chi connectivity index (χ4n) is 2.77. The van der Waals surface area contributed by atoms with E-state index in [0.717, 1.165) is 31.7 Å². The Morgan fingerprint density at radius 2 is 2.00 bits per heavy atom. The molecule has 0 radical (unpaired) electrons. The number of nitrogens with zero attached hydrogens (tertiary/aromatic N) is 1. The molecule has 1 aromatic carbocycles. The summed E-state index contributed by atoms with van der Waals surface area (Å²) in [7, 11) is 0. The molecule has 0 aromatic heterocycles. The van der Waals surface area contributed by atoms with Gasteiger partial charge < -0.3 is 10.6 Å². The zero-order chi connectivity index (χ0) is 13.9. The van der Waals surface area contributed by atoms with E-state index in [1.807, 2.05) is 4.90 Å². The predicted molar refractivity (Wildman–Crippen MR) is 70.1 cm³/mol. The molecule has 1 atom stereocenters. The number of hydrogen-bond donors (Lipinski definition) is 1. The molecule has 2 nitrogen and oxygen atoms in total. The molecule has 1 aliphatic rings. The van der Waals surface area contributed by atoms with Gasteiger partial charge >= 0.3 is 6.18 Å². The summed E-state index contributed by atoms with van der Waals surface area (Å²) in [4.78, 5) is 1.90. The number of nitrogens with two attached hydrogens (primary N) is 1. The summed E-state index contributed by atoms with van der Waals surface area (Å²) >= 11 is 0. The first-order valence-electron chi connectivity index (χ1n) is 6.67. The minimum Gasteiger partial charge on any atom is -0.368 e. The molecule has 0 amide bonds. The van der Waals surface area contributed by atoms with Crippen molar-refractivity contribution in [1.82, 2.24) is 0 Å². The average Bonchev–Trinajstić information content (AvgIpc) is 2.83. The van der Waals surface area contributed by atoms with Crippen LogP contribution in [-0.2, 0) is 6.18 Å². The summed E-state index contributed by atoms with van der Waals surface area (Å²) in [6, 6.07) is 6.03. The Hall–Kier alpha value is -1.23. The highest BCUT2D eigenvalue weighted by Crippen LogP contribution is 2.39. The highest BCUT2D eigenvalue weighted by Gasteiger charge is 2.36. The monoisotopic (exact) mass is 272 g/mol. The molecule has 1 fully saturated rings. The number of alkyl halides is 3. The van der Waals surface area contributed by atoms with E-state index < -0.39 is 11.7 Å². The molecule has 1 heterocycles. The third kappa shape index (κ3) is 3.21. The number of rotatable bonds is 4. The smallest absolute Gasteiger partial charge is 0.368 e. The third-order valence-corrected chi connectivity index (χ3v) is 3.64. The van der Waals surface area contributed by atoms with Gasteiger partial charge in [0.25, 0.3) is 0 Å². The van der Waals surface area contributed by atoms with Crippen LogP contribution < -0.4 is 10.6 Å². The van der Waals surface area contributed by atoms with E-state index in [-0.39, 0.29) is 6.04 Å². The first-order chi connectivity index (χ1) is 9.04. The standard InChI is InChI=1S/C14H19F3N2/c15-14(16,17)12-7-1-2-8-13(12)19-10-4-6-11(19)5-3-9-18/h1-2,7-8,11H,3-6,9-10,18H2. The highest BCUT2D eigenvalue weighted by molar-refractivity contribution is 5.56. The van der Waals surface area contributed by atoms with Crippen LogP contribution in [0.3, 0.4) is 0 Å². The summed E-state index contributed by atoms with van der Waals surface area (Å²) in [5.74, 6) is 0. The Kier molecular flexibility index (Phi) is 4.34. The largest absolute Gasteiger partial charge is 0.418 e. The lowest BCUT2D eigenvalue weighted by Crippen LogP contribution is -2.31. The van der Waals surface area contributed by atoms with Crippen molar-refractivity contribution in [3.63, 3.8) is 0 Å². The molecule has 19 heavy (non-hydrogen) atoms. The molecule has 2 N–H and O–H groups in total. The Labute approximate surface area is 111 Å². The quantitative estimate of drug-likeness (QED) is 0.910. The number of benzene rings is 1. The van der Waals surface area contributed by atoms with Crippen LogP contribution in [0.5, 0.6) is 0 Å². The minimum absolute atomic E-state index is 0.187. The Morgan fingerprint density at radius 1 is 1.26 bits per heavy atom. The molecule has 5 heteroatoms. The topological polar surface area (TPSA) is 29.3 Å². The second kappa shape index (κ2) is 5.82. The zero-order valence-corrected chi connectivity index (χ0v) is 10.8. The second-order valence-electron chi connectivity index (χ2n) is 4.94. The molecule has 1 saturated heterocycles. The maximum Gasteiger partial charge on any atom is 0.418 e. The fraction of sp³-hybridized carbons (Fsp3) is 0.571. The highest BCUT2D eigenvalue weighted by atomic mass is 19.4. The summed E-state index contributed by atoms with van der Waals surface area (Å²) in [6.45, 7) is 1.29. The van der Waals surface area contributed by atoms with Gasteiger partial charge in [0.2, 0.25) is 0 Å². The van der Waals surface area contributed by atoms with Gasteiger partial charge in [0, 0.05) is 18.3 Å². The van der Waals surface area contributed by atoms with Crippen molar-refractivity contribution >= 4 is 5.69 Å². The molecule has 2 rings (SSSR count). The van der Waals surface area contributed by atoms with Crippen LogP contribution in [0.2, 0.25) is 0 Å². The molecule has 1 aromatic rings. The second-order valence-corrected chi connectivity index (χ2v) is 4.94. The Bertz CT molecular complexity index is 417. The molecule has 0 spiro atoms. The van der Waals surface area contributed by atoms with Crippen molar-refractivity contribution in [2.24, 2.45) is 5.73 Å². The number of halogens is 3. The maximum absolute atomic E-state index is 13.0. The van der Waals surface area contributed by atoms with Crippen molar-refractivity contribution in [2.75, 3.05) is 18.0 Å². The van der Waals surface area contributed by atoms with Crippen molar-refractivity contribution in [1.29, 1.82) is 0 Å². The molecule has 1 unspecified atom stereocenters. The number of anilines is 1. The van der Waals surface area contributed by atoms with E-state index in [1.54, 1.807) is 12.1 Å². The Morgan fingerprint density at radius 3 is 2.68 bits per heavy atom. The third-order valence-electron chi connectivity index (χ3n) is 3.64. The van der Waals surface area contributed by atoms with E-state index in [4.69, 9.17) is 5.73 Å². The van der Waals surface area contributed by atoms with Crippen molar-refractivity contribution in [3.05, 3.63) is 29.8 Å². The van der Waals surface area contributed by atoms with Crippen molar-refractivity contribution < 1.29 is 13.2 Å². The van der Waals surface area contributed by atoms with Crippen LogP contribution in [-0.4, -0.2) is 19.1 Å². The van der Waals surface area contributed by atoms with Gasteiger partial charge in [-0.15, -0.1) is 0 Å². The molecule has 0 aliphatic carbocycles. The van der Waals surface area contributed by atoms with E-state index in [0.29, 0.717) is 18.8 Å². The van der Waals surface area contributed by atoms with Gasteiger partial charge in [0.15, 0.2) is 0 Å². The Balaban J connectivity index is 2.25. The summed E-state index contributed by atoms with van der Waals surface area (Å²) < 4.78 is 39.1. The van der Waals surface area contributed by atoms with Gasteiger partial charge in [-0.3, -0.25) is 0 Å². The van der Waals surface area contributed by atoms with E-state index in [9.17, 15) is 13.2 Å². The zero-order valence-electron chi connectivity index (χ0n) is 10.8. The van der Waals surface area contributed by atoms with Gasteiger partial charge in [0.05, 0.1) is 5.56 Å². The molecule has 1 aliphatic heterocycles. The maximum atomic E-state index is 13.0. The van der Waals surface area contributed by atoms with Crippen LogP contribution in [0, 0.1) is 0 Å². The lowest BCUT2D eigenvalue weighted by atomic mass is 10.1. The molecular weight excluding hydrogens is 253 g/mol. The fourth-order valence-corrected chi connectivity index (χ4v) is 2.77. The van der Waals surface area contributed by atoms with Crippen molar-refractivity contribution in [2.45, 2.75) is 37.9 Å². The molecule has 0 bridgehead atoms. The van der Waals surface area contributed by atoms with E-state index >= 15 is 0 Å². The van der Waals surface area contributed by atoms with Gasteiger partial charge in [-0.05, 0) is 44.4 Å². The minimum atomic E-state index is -4.29. The lowest BCUT2D eigenvalue weighted by Gasteiger charge is -2.29. The van der Waals surface area contributed by atoms with Crippen LogP contribution in [0.4, 0.5) is 18.9 Å². The van der Waals surface area contributed by atoms with E-state index in [1.165, 1.54) is 6.07 Å². The van der Waals surface area contributed by atoms with Crippen LogP contribution in [0.25, 0.3) is 0 Å². The summed E-state index contributed by atoms with van der Waals surface area (Å²) in [5.41, 5.74) is 5.27. The number of hydrogen-bond acceptors (Lipinski definition) is 2. The van der Waals surface area contributed by atoms with Crippen molar-refractivity contribution in [3.8, 4) is 0 Å². The van der Waals surface area contributed by atoms with Gasteiger partial charge in [-0.25, -0.2) is 0 Å². The molecular formula is C14H19F3N2. The summed E-state index contributed by atoms with van der Waals surface area (Å²) in [5, 5.41) is 0.